The molecule has 2 aromatic rings. The second-order valence-electron chi connectivity index (χ2n) is 3.97. The normalized spacial score (nSPS) is 11.5. The first-order chi connectivity index (χ1) is 7.08. The molecule has 0 atom stereocenters. The highest BCUT2D eigenvalue weighted by Crippen LogP contribution is 2.14. The van der Waals surface area contributed by atoms with Crippen LogP contribution in [0.4, 0.5) is 0 Å². The highest BCUT2D eigenvalue weighted by atomic mass is 16.4. The Balaban J connectivity index is 2.54. The first-order valence-electron chi connectivity index (χ1n) is 4.81. The quantitative estimate of drug-likeness (QED) is 0.741. The molecule has 2 rings (SSSR count). The summed E-state index contributed by atoms with van der Waals surface area (Å²) in [5, 5.41) is 0. The second kappa shape index (κ2) is 3.55. The molecule has 1 aromatic heterocycles. The van der Waals surface area contributed by atoms with E-state index in [0.717, 1.165) is 12.1 Å². The molecular formula is C11H14N2O2. The van der Waals surface area contributed by atoms with E-state index in [9.17, 15) is 4.79 Å². The maximum absolute atomic E-state index is 11.3. The number of aryl methyl sites for hydroxylation is 1. The van der Waals surface area contributed by atoms with Gasteiger partial charge < -0.3 is 9.32 Å². The van der Waals surface area contributed by atoms with E-state index in [2.05, 4.69) is 4.90 Å². The predicted octanol–water partition coefficient (Wildman–Crippen LogP) is 1.19. The number of fused-ring (bicyclic) bond motifs is 1. The molecular weight excluding hydrogens is 192 g/mol. The Kier molecular flexibility index (Phi) is 2.36. The van der Waals surface area contributed by atoms with Crippen molar-refractivity contribution in [3.63, 3.8) is 0 Å². The first kappa shape index (κ1) is 9.98. The van der Waals surface area contributed by atoms with Gasteiger partial charge in [0.15, 0.2) is 5.58 Å². The van der Waals surface area contributed by atoms with Crippen molar-refractivity contribution in [2.75, 3.05) is 14.1 Å². The number of oxazole rings is 1. The molecule has 0 saturated carbocycles. The van der Waals surface area contributed by atoms with Gasteiger partial charge in [-0.25, -0.2) is 4.79 Å². The van der Waals surface area contributed by atoms with E-state index in [0.29, 0.717) is 5.58 Å². The Bertz CT molecular complexity index is 537. The zero-order chi connectivity index (χ0) is 11.0. The van der Waals surface area contributed by atoms with Gasteiger partial charge in [0, 0.05) is 13.6 Å². The molecule has 0 radical (unpaired) electrons. The average Bonchev–Trinajstić information content (AvgIpc) is 2.43. The van der Waals surface area contributed by atoms with Gasteiger partial charge in [0.05, 0.1) is 5.52 Å². The SMILES string of the molecule is CN(C)Cc1ccc2oc(=O)n(C)c2c1. The molecule has 0 saturated heterocycles. The molecule has 0 N–H and O–H groups in total. The van der Waals surface area contributed by atoms with Crippen molar-refractivity contribution in [1.29, 1.82) is 0 Å². The van der Waals surface area contributed by atoms with Crippen molar-refractivity contribution in [2.45, 2.75) is 6.54 Å². The number of hydrogen-bond acceptors (Lipinski definition) is 3. The molecule has 1 aromatic carbocycles. The number of rotatable bonds is 2. The Hall–Kier alpha value is -1.55. The van der Waals surface area contributed by atoms with Gasteiger partial charge in [-0.2, -0.15) is 0 Å². The highest BCUT2D eigenvalue weighted by Gasteiger charge is 2.06. The third kappa shape index (κ3) is 1.80. The highest BCUT2D eigenvalue weighted by molar-refractivity contribution is 5.73. The van der Waals surface area contributed by atoms with Crippen LogP contribution >= 0.6 is 0 Å². The summed E-state index contributed by atoms with van der Waals surface area (Å²) >= 11 is 0. The van der Waals surface area contributed by atoms with Gasteiger partial charge in [-0.3, -0.25) is 4.57 Å². The monoisotopic (exact) mass is 206 g/mol. The maximum atomic E-state index is 11.3. The number of benzene rings is 1. The van der Waals surface area contributed by atoms with Gasteiger partial charge in [0.1, 0.15) is 0 Å². The second-order valence-corrected chi connectivity index (χ2v) is 3.97. The van der Waals surface area contributed by atoms with Gasteiger partial charge in [-0.05, 0) is 31.8 Å². The molecule has 0 aliphatic heterocycles. The van der Waals surface area contributed by atoms with Gasteiger partial charge in [-0.15, -0.1) is 0 Å². The first-order valence-corrected chi connectivity index (χ1v) is 4.81. The molecule has 0 aliphatic carbocycles. The van der Waals surface area contributed by atoms with Crippen LogP contribution in [0, 0.1) is 0 Å². The van der Waals surface area contributed by atoms with E-state index in [4.69, 9.17) is 4.42 Å². The zero-order valence-corrected chi connectivity index (χ0v) is 9.15. The van der Waals surface area contributed by atoms with E-state index in [1.807, 2.05) is 32.3 Å². The molecule has 4 heteroatoms. The van der Waals surface area contributed by atoms with Crippen molar-refractivity contribution in [1.82, 2.24) is 9.47 Å². The zero-order valence-electron chi connectivity index (χ0n) is 9.15. The lowest BCUT2D eigenvalue weighted by atomic mass is 10.2. The van der Waals surface area contributed by atoms with Crippen molar-refractivity contribution in [3.8, 4) is 0 Å². The van der Waals surface area contributed by atoms with Crippen molar-refractivity contribution >= 4 is 11.1 Å². The van der Waals surface area contributed by atoms with E-state index in [1.165, 1.54) is 10.1 Å². The summed E-state index contributed by atoms with van der Waals surface area (Å²) in [6, 6.07) is 5.81. The number of nitrogens with zero attached hydrogens (tertiary/aromatic N) is 2. The third-order valence-corrected chi connectivity index (χ3v) is 2.35. The molecule has 0 bridgehead atoms. The van der Waals surface area contributed by atoms with Gasteiger partial charge in [0.2, 0.25) is 0 Å². The lowest BCUT2D eigenvalue weighted by Gasteiger charge is -2.09. The maximum Gasteiger partial charge on any atom is 0.419 e. The summed E-state index contributed by atoms with van der Waals surface area (Å²) in [4.78, 5) is 13.3. The van der Waals surface area contributed by atoms with Crippen molar-refractivity contribution in [2.24, 2.45) is 7.05 Å². The van der Waals surface area contributed by atoms with Gasteiger partial charge in [0.25, 0.3) is 0 Å². The van der Waals surface area contributed by atoms with Gasteiger partial charge in [-0.1, -0.05) is 6.07 Å². The lowest BCUT2D eigenvalue weighted by Crippen LogP contribution is -2.11. The fraction of sp³-hybridized carbons (Fsp3) is 0.364. The molecule has 80 valence electrons. The summed E-state index contributed by atoms with van der Waals surface area (Å²) in [6.07, 6.45) is 0. The smallest absolute Gasteiger partial charge is 0.408 e. The summed E-state index contributed by atoms with van der Waals surface area (Å²) < 4.78 is 6.57. The third-order valence-electron chi connectivity index (χ3n) is 2.35. The van der Waals surface area contributed by atoms with Crippen LogP contribution in [0.15, 0.2) is 27.4 Å². The van der Waals surface area contributed by atoms with Gasteiger partial charge >= 0.3 is 5.76 Å². The fourth-order valence-corrected chi connectivity index (χ4v) is 1.64. The van der Waals surface area contributed by atoms with Crippen molar-refractivity contribution in [3.05, 3.63) is 34.3 Å². The van der Waals surface area contributed by atoms with Crippen molar-refractivity contribution < 1.29 is 4.42 Å². The van der Waals surface area contributed by atoms with Crippen LogP contribution in [0.1, 0.15) is 5.56 Å². The Labute approximate surface area is 87.7 Å². The summed E-state index contributed by atoms with van der Waals surface area (Å²) in [7, 11) is 5.74. The molecule has 0 amide bonds. The van der Waals surface area contributed by atoms with E-state index in [-0.39, 0.29) is 5.76 Å². The summed E-state index contributed by atoms with van der Waals surface area (Å²) in [6.45, 7) is 0.856. The Morgan fingerprint density at radius 1 is 1.40 bits per heavy atom. The Morgan fingerprint density at radius 3 is 2.80 bits per heavy atom. The molecule has 1 heterocycles. The molecule has 4 nitrogen and oxygen atoms in total. The minimum atomic E-state index is -0.313. The minimum Gasteiger partial charge on any atom is -0.408 e. The summed E-state index contributed by atoms with van der Waals surface area (Å²) in [5.41, 5.74) is 2.66. The molecule has 0 unspecified atom stereocenters. The van der Waals surface area contributed by atoms with Crippen LogP contribution in [0.5, 0.6) is 0 Å². The summed E-state index contributed by atoms with van der Waals surface area (Å²) in [5.74, 6) is -0.313. The molecule has 0 spiro atoms. The van der Waals surface area contributed by atoms with Crippen LogP contribution in [-0.2, 0) is 13.6 Å². The largest absolute Gasteiger partial charge is 0.419 e. The number of aromatic nitrogens is 1. The standard InChI is InChI=1S/C11H14N2O2/c1-12(2)7-8-4-5-10-9(6-8)13(3)11(14)15-10/h4-6H,7H2,1-3H3. The lowest BCUT2D eigenvalue weighted by molar-refractivity contribution is 0.402. The van der Waals surface area contributed by atoms with Crippen LogP contribution in [0.3, 0.4) is 0 Å². The minimum absolute atomic E-state index is 0.313. The molecule has 0 fully saturated rings. The van der Waals surface area contributed by atoms with Crippen LogP contribution in [-0.4, -0.2) is 23.6 Å². The predicted molar refractivity (Wildman–Crippen MR) is 58.8 cm³/mol. The Morgan fingerprint density at radius 2 is 2.13 bits per heavy atom. The van der Waals surface area contributed by atoms with E-state index >= 15 is 0 Å². The average molecular weight is 206 g/mol. The molecule has 0 aliphatic rings. The number of hydrogen-bond donors (Lipinski definition) is 0. The van der Waals surface area contributed by atoms with E-state index < -0.39 is 0 Å². The van der Waals surface area contributed by atoms with Crippen LogP contribution in [0.25, 0.3) is 11.1 Å². The van der Waals surface area contributed by atoms with Crippen LogP contribution < -0.4 is 5.76 Å². The van der Waals surface area contributed by atoms with Crippen LogP contribution in [0.2, 0.25) is 0 Å². The topological polar surface area (TPSA) is 38.4 Å². The van der Waals surface area contributed by atoms with E-state index in [1.54, 1.807) is 7.05 Å². The fourth-order valence-electron chi connectivity index (χ4n) is 1.64. The molecule has 15 heavy (non-hydrogen) atoms.